The van der Waals surface area contributed by atoms with Crippen LogP contribution in [0.15, 0.2) is 36.4 Å². The Bertz CT molecular complexity index is 929. The molecule has 0 heterocycles. The number of nitro benzene ring substituents is 1. The molecule has 0 saturated heterocycles. The summed E-state index contributed by atoms with van der Waals surface area (Å²) >= 11 is 5.73. The molecule has 7 nitrogen and oxygen atoms in total. The Morgan fingerprint density at radius 1 is 1.11 bits per heavy atom. The maximum Gasteiger partial charge on any atom is 0.310 e. The van der Waals surface area contributed by atoms with Gasteiger partial charge in [0.25, 0.3) is 11.6 Å². The van der Waals surface area contributed by atoms with Crippen molar-refractivity contribution >= 4 is 34.9 Å². The smallest absolute Gasteiger partial charge is 0.310 e. The van der Waals surface area contributed by atoms with E-state index in [2.05, 4.69) is 5.32 Å². The van der Waals surface area contributed by atoms with Crippen LogP contribution in [0.5, 0.6) is 0 Å². The Labute approximate surface area is 166 Å². The summed E-state index contributed by atoms with van der Waals surface area (Å²) in [5.41, 5.74) is 3.10. The summed E-state index contributed by atoms with van der Waals surface area (Å²) in [5, 5.41) is 13.6. The van der Waals surface area contributed by atoms with Gasteiger partial charge in [0.05, 0.1) is 11.3 Å². The van der Waals surface area contributed by atoms with E-state index in [1.165, 1.54) is 29.7 Å². The first-order valence-corrected chi connectivity index (χ1v) is 9.30. The third-order valence-corrected chi connectivity index (χ3v) is 4.79. The molecule has 28 heavy (non-hydrogen) atoms. The second kappa shape index (κ2) is 8.84. The number of esters is 1. The van der Waals surface area contributed by atoms with Crippen LogP contribution in [-0.4, -0.2) is 23.4 Å². The van der Waals surface area contributed by atoms with Crippen LogP contribution in [0.4, 0.5) is 11.4 Å². The molecule has 2 aromatic rings. The normalized spacial score (nSPS) is 12.8. The number of hydrogen-bond acceptors (Lipinski definition) is 5. The van der Waals surface area contributed by atoms with Gasteiger partial charge in [0.15, 0.2) is 6.61 Å². The van der Waals surface area contributed by atoms with Crippen LogP contribution in [0.25, 0.3) is 0 Å². The van der Waals surface area contributed by atoms with Gasteiger partial charge in [0.2, 0.25) is 0 Å². The van der Waals surface area contributed by atoms with Gasteiger partial charge >= 0.3 is 5.97 Å². The van der Waals surface area contributed by atoms with Crippen LogP contribution < -0.4 is 5.32 Å². The molecular formula is C20H19ClN2O5. The van der Waals surface area contributed by atoms with Crippen LogP contribution in [0.3, 0.4) is 0 Å². The van der Waals surface area contributed by atoms with Crippen molar-refractivity contribution in [2.45, 2.75) is 32.1 Å². The molecule has 0 saturated carbocycles. The number of halogens is 1. The summed E-state index contributed by atoms with van der Waals surface area (Å²) in [6, 6.07) is 9.86. The highest BCUT2D eigenvalue weighted by molar-refractivity contribution is 6.31. The molecule has 8 heteroatoms. The summed E-state index contributed by atoms with van der Waals surface area (Å²) in [6.07, 6.45) is 4.49. The fourth-order valence-corrected chi connectivity index (χ4v) is 3.37. The molecule has 0 fully saturated rings. The van der Waals surface area contributed by atoms with Gasteiger partial charge in [-0.15, -0.1) is 0 Å². The van der Waals surface area contributed by atoms with Crippen molar-refractivity contribution in [2.24, 2.45) is 0 Å². The third-order valence-electron chi connectivity index (χ3n) is 4.56. The summed E-state index contributed by atoms with van der Waals surface area (Å²) < 4.78 is 5.00. The van der Waals surface area contributed by atoms with Gasteiger partial charge in [-0.05, 0) is 54.5 Å². The molecule has 0 unspecified atom stereocenters. The molecular weight excluding hydrogens is 384 g/mol. The molecule has 1 aliphatic rings. The molecule has 1 aliphatic carbocycles. The van der Waals surface area contributed by atoms with E-state index in [-0.39, 0.29) is 22.8 Å². The SMILES string of the molecule is O=C(COC(=O)Cc1ccc2c(c1)CCCC2)Nc1ccc(Cl)cc1[N+](=O)[O-]. The van der Waals surface area contributed by atoms with Gasteiger partial charge in [0.1, 0.15) is 5.69 Å². The maximum atomic E-state index is 12.0. The van der Waals surface area contributed by atoms with E-state index in [9.17, 15) is 19.7 Å². The molecule has 146 valence electrons. The minimum absolute atomic E-state index is 0.00913. The highest BCUT2D eigenvalue weighted by atomic mass is 35.5. The van der Waals surface area contributed by atoms with E-state index < -0.39 is 23.4 Å². The molecule has 1 N–H and O–H groups in total. The van der Waals surface area contributed by atoms with Crippen molar-refractivity contribution in [3.63, 3.8) is 0 Å². The average Bonchev–Trinajstić information content (AvgIpc) is 2.67. The number of nitrogens with one attached hydrogen (secondary N) is 1. The number of ether oxygens (including phenoxy) is 1. The number of aryl methyl sites for hydroxylation is 2. The highest BCUT2D eigenvalue weighted by Gasteiger charge is 2.18. The van der Waals surface area contributed by atoms with Gasteiger partial charge in [0, 0.05) is 11.1 Å². The van der Waals surface area contributed by atoms with E-state index in [0.29, 0.717) is 0 Å². The second-order valence-electron chi connectivity index (χ2n) is 6.61. The predicted molar refractivity (Wildman–Crippen MR) is 104 cm³/mol. The predicted octanol–water partition coefficient (Wildman–Crippen LogP) is 3.85. The lowest BCUT2D eigenvalue weighted by atomic mass is 9.90. The van der Waals surface area contributed by atoms with Gasteiger partial charge in [-0.3, -0.25) is 19.7 Å². The largest absolute Gasteiger partial charge is 0.455 e. The lowest BCUT2D eigenvalue weighted by Gasteiger charge is -2.16. The molecule has 0 spiro atoms. The zero-order valence-corrected chi connectivity index (χ0v) is 15.8. The topological polar surface area (TPSA) is 98.5 Å². The number of nitro groups is 1. The van der Waals surface area contributed by atoms with Crippen molar-refractivity contribution in [2.75, 3.05) is 11.9 Å². The van der Waals surface area contributed by atoms with Crippen LogP contribution in [0.2, 0.25) is 5.02 Å². The Balaban J connectivity index is 1.53. The van der Waals surface area contributed by atoms with E-state index in [1.54, 1.807) is 0 Å². The van der Waals surface area contributed by atoms with E-state index in [0.717, 1.165) is 30.9 Å². The number of carbonyl (C=O) groups is 2. The van der Waals surface area contributed by atoms with Crippen molar-refractivity contribution in [1.82, 2.24) is 0 Å². The molecule has 3 rings (SSSR count). The number of amides is 1. The van der Waals surface area contributed by atoms with Crippen molar-refractivity contribution < 1.29 is 19.2 Å². The highest BCUT2D eigenvalue weighted by Crippen LogP contribution is 2.27. The first-order valence-electron chi connectivity index (χ1n) is 8.92. The third kappa shape index (κ3) is 5.07. The van der Waals surface area contributed by atoms with E-state index in [1.807, 2.05) is 18.2 Å². The molecule has 0 aliphatic heterocycles. The van der Waals surface area contributed by atoms with Gasteiger partial charge in [-0.25, -0.2) is 0 Å². The van der Waals surface area contributed by atoms with Gasteiger partial charge < -0.3 is 10.1 Å². The average molecular weight is 403 g/mol. The first-order chi connectivity index (χ1) is 13.4. The molecule has 1 amide bonds. The van der Waals surface area contributed by atoms with E-state index in [4.69, 9.17) is 16.3 Å². The van der Waals surface area contributed by atoms with E-state index >= 15 is 0 Å². The summed E-state index contributed by atoms with van der Waals surface area (Å²) in [5.74, 6) is -1.19. The second-order valence-corrected chi connectivity index (χ2v) is 7.05. The number of rotatable bonds is 6. The van der Waals surface area contributed by atoms with Gasteiger partial charge in [-0.1, -0.05) is 29.8 Å². The minimum Gasteiger partial charge on any atom is -0.455 e. The Hall–Kier alpha value is -2.93. The van der Waals surface area contributed by atoms with Crippen LogP contribution in [0, 0.1) is 10.1 Å². The Kier molecular flexibility index (Phi) is 6.26. The Morgan fingerprint density at radius 3 is 2.61 bits per heavy atom. The molecule has 2 aromatic carbocycles. The van der Waals surface area contributed by atoms with Crippen molar-refractivity contribution in [3.05, 3.63) is 68.2 Å². The quantitative estimate of drug-likeness (QED) is 0.449. The summed E-state index contributed by atoms with van der Waals surface area (Å²) in [4.78, 5) is 34.4. The monoisotopic (exact) mass is 402 g/mol. The fourth-order valence-electron chi connectivity index (χ4n) is 3.21. The number of fused-ring (bicyclic) bond motifs is 1. The summed E-state index contributed by atoms with van der Waals surface area (Å²) in [6.45, 7) is -0.524. The van der Waals surface area contributed by atoms with Crippen molar-refractivity contribution in [3.8, 4) is 0 Å². The minimum atomic E-state index is -0.663. The van der Waals surface area contributed by atoms with Crippen LogP contribution in [0.1, 0.15) is 29.5 Å². The standard InChI is InChI=1S/C20H19ClN2O5/c21-16-7-8-17(18(11-16)23(26)27)22-19(24)12-28-20(25)10-13-5-6-14-3-1-2-4-15(14)9-13/h5-9,11H,1-4,10,12H2,(H,22,24). The zero-order valence-electron chi connectivity index (χ0n) is 15.1. The van der Waals surface area contributed by atoms with Gasteiger partial charge in [-0.2, -0.15) is 0 Å². The molecule has 0 atom stereocenters. The fraction of sp³-hybridized carbons (Fsp3) is 0.300. The maximum absolute atomic E-state index is 12.0. The zero-order chi connectivity index (χ0) is 20.1. The number of benzene rings is 2. The lowest BCUT2D eigenvalue weighted by Crippen LogP contribution is -2.22. The number of anilines is 1. The molecule has 0 radical (unpaired) electrons. The first kappa shape index (κ1) is 19.8. The van der Waals surface area contributed by atoms with Crippen LogP contribution >= 0.6 is 11.6 Å². The van der Waals surface area contributed by atoms with Crippen molar-refractivity contribution in [1.29, 1.82) is 0 Å². The number of nitrogens with zero attached hydrogens (tertiary/aromatic N) is 1. The number of carbonyl (C=O) groups excluding carboxylic acids is 2. The Morgan fingerprint density at radius 2 is 1.86 bits per heavy atom. The lowest BCUT2D eigenvalue weighted by molar-refractivity contribution is -0.383. The summed E-state index contributed by atoms with van der Waals surface area (Å²) in [7, 11) is 0. The molecule has 0 bridgehead atoms. The number of hydrogen-bond donors (Lipinski definition) is 1. The molecule has 0 aromatic heterocycles. The van der Waals surface area contributed by atoms with Crippen LogP contribution in [-0.2, 0) is 33.6 Å².